The van der Waals surface area contributed by atoms with Crippen LogP contribution in [0, 0.1) is 0 Å². The van der Waals surface area contributed by atoms with Gasteiger partial charge in [-0.2, -0.15) is 0 Å². The molecule has 0 saturated carbocycles. The second-order valence-electron chi connectivity index (χ2n) is 7.00. The lowest BCUT2D eigenvalue weighted by molar-refractivity contribution is -0.141. The van der Waals surface area contributed by atoms with Crippen LogP contribution in [0.4, 0.5) is 0 Å². The average Bonchev–Trinajstić information content (AvgIpc) is 2.71. The lowest BCUT2D eigenvalue weighted by Crippen LogP contribution is -2.53. The van der Waals surface area contributed by atoms with Gasteiger partial charge >= 0.3 is 5.97 Å². The van der Waals surface area contributed by atoms with Gasteiger partial charge in [-0.25, -0.2) is 4.79 Å². The molecule has 0 aromatic heterocycles. The molecule has 166 valence electrons. The van der Waals surface area contributed by atoms with E-state index in [4.69, 9.17) is 11.5 Å². The Kier molecular flexibility index (Phi) is 11.1. The first kappa shape index (κ1) is 25.1. The van der Waals surface area contributed by atoms with Gasteiger partial charge in [0.25, 0.3) is 0 Å². The summed E-state index contributed by atoms with van der Waals surface area (Å²) >= 11 is 0. The third-order valence-electron chi connectivity index (χ3n) is 4.33. The van der Waals surface area contributed by atoms with E-state index in [0.29, 0.717) is 25.8 Å². The van der Waals surface area contributed by atoms with Crippen LogP contribution < -0.4 is 27.4 Å². The molecule has 0 fully saturated rings. The molecule has 0 saturated heterocycles. The monoisotopic (exact) mass is 421 g/mol. The zero-order valence-electron chi connectivity index (χ0n) is 17.1. The van der Waals surface area contributed by atoms with Crippen molar-refractivity contribution >= 4 is 23.7 Å². The van der Waals surface area contributed by atoms with Crippen molar-refractivity contribution in [2.75, 3.05) is 13.1 Å². The van der Waals surface area contributed by atoms with Crippen molar-refractivity contribution in [2.45, 2.75) is 50.7 Å². The van der Waals surface area contributed by atoms with Gasteiger partial charge in [-0.15, -0.1) is 0 Å². The van der Waals surface area contributed by atoms with Gasteiger partial charge in [-0.1, -0.05) is 30.3 Å². The molecule has 8 N–H and O–H groups in total. The maximum absolute atomic E-state index is 12.4. The molecule has 0 bridgehead atoms. The molecule has 1 rings (SSSR count). The largest absolute Gasteiger partial charge is 0.480 e. The molecule has 10 heteroatoms. The summed E-state index contributed by atoms with van der Waals surface area (Å²) in [6.45, 7) is 1.53. The summed E-state index contributed by atoms with van der Waals surface area (Å²) < 4.78 is 0. The summed E-state index contributed by atoms with van der Waals surface area (Å²) in [5, 5.41) is 16.7. The highest BCUT2D eigenvalue weighted by molar-refractivity contribution is 5.92. The maximum Gasteiger partial charge on any atom is 0.326 e. The van der Waals surface area contributed by atoms with Crippen LogP contribution in [-0.4, -0.2) is 60.0 Å². The lowest BCUT2D eigenvalue weighted by Gasteiger charge is -2.20. The summed E-state index contributed by atoms with van der Waals surface area (Å²) in [6.07, 6.45) is 1.74. The van der Waals surface area contributed by atoms with Crippen LogP contribution in [0.2, 0.25) is 0 Å². The van der Waals surface area contributed by atoms with E-state index in [2.05, 4.69) is 16.0 Å². The van der Waals surface area contributed by atoms with Crippen molar-refractivity contribution in [3.8, 4) is 0 Å². The van der Waals surface area contributed by atoms with Crippen LogP contribution in [0.5, 0.6) is 0 Å². The Hall–Kier alpha value is -2.98. The van der Waals surface area contributed by atoms with Crippen molar-refractivity contribution in [1.82, 2.24) is 16.0 Å². The minimum atomic E-state index is -1.18. The molecule has 1 aromatic rings. The average molecular weight is 421 g/mol. The van der Waals surface area contributed by atoms with E-state index in [1.54, 1.807) is 24.3 Å². The molecule has 3 atom stereocenters. The van der Waals surface area contributed by atoms with Crippen LogP contribution >= 0.6 is 0 Å². The van der Waals surface area contributed by atoms with Gasteiger partial charge in [0.05, 0.1) is 12.6 Å². The maximum atomic E-state index is 12.4. The molecule has 0 spiro atoms. The number of amides is 3. The molecule has 0 aliphatic heterocycles. The predicted molar refractivity (Wildman–Crippen MR) is 111 cm³/mol. The highest BCUT2D eigenvalue weighted by Crippen LogP contribution is 2.04. The SMILES string of the molecule is CC(N)C(=O)NC(CCCCN)C(=O)NCC(=O)NC(Cc1ccccc1)C(=O)O. The summed E-state index contributed by atoms with van der Waals surface area (Å²) in [6, 6.07) is 6.11. The Morgan fingerprint density at radius 3 is 2.23 bits per heavy atom. The first-order valence-corrected chi connectivity index (χ1v) is 9.84. The van der Waals surface area contributed by atoms with Gasteiger partial charge in [0.2, 0.25) is 17.7 Å². The van der Waals surface area contributed by atoms with Crippen LogP contribution in [0.1, 0.15) is 31.7 Å². The second kappa shape index (κ2) is 13.3. The van der Waals surface area contributed by atoms with E-state index in [0.717, 1.165) is 5.56 Å². The Bertz CT molecular complexity index is 711. The molecule has 0 aliphatic carbocycles. The van der Waals surface area contributed by atoms with E-state index in [9.17, 15) is 24.3 Å². The third kappa shape index (κ3) is 9.48. The number of benzene rings is 1. The van der Waals surface area contributed by atoms with Crippen LogP contribution in [0.25, 0.3) is 0 Å². The van der Waals surface area contributed by atoms with Gasteiger partial charge < -0.3 is 32.5 Å². The van der Waals surface area contributed by atoms with Crippen LogP contribution in [0.3, 0.4) is 0 Å². The molecule has 0 radical (unpaired) electrons. The topological polar surface area (TPSA) is 177 Å². The number of nitrogens with two attached hydrogens (primary N) is 2. The van der Waals surface area contributed by atoms with Gasteiger partial charge in [0.15, 0.2) is 0 Å². The van der Waals surface area contributed by atoms with Gasteiger partial charge in [-0.3, -0.25) is 14.4 Å². The first-order chi connectivity index (χ1) is 14.2. The van der Waals surface area contributed by atoms with Gasteiger partial charge in [0, 0.05) is 6.42 Å². The molecule has 3 unspecified atom stereocenters. The standard InChI is InChI=1S/C20H31N5O5/c1-13(22)18(27)25-15(9-5-6-10-21)19(28)23-12-17(26)24-16(20(29)30)11-14-7-3-2-4-8-14/h2-4,7-8,13,15-16H,5-6,9-12,21-22H2,1H3,(H,23,28)(H,24,26)(H,25,27)(H,29,30). The number of unbranched alkanes of at least 4 members (excludes halogenated alkanes) is 1. The Labute approximate surface area is 175 Å². The van der Waals surface area contributed by atoms with Gasteiger partial charge in [-0.05, 0) is 38.3 Å². The van der Waals surface area contributed by atoms with Gasteiger partial charge in [0.1, 0.15) is 12.1 Å². The molecule has 3 amide bonds. The van der Waals surface area contributed by atoms with E-state index >= 15 is 0 Å². The zero-order valence-corrected chi connectivity index (χ0v) is 17.1. The number of aliphatic carboxylic acids is 1. The van der Waals surface area contributed by atoms with E-state index < -0.39 is 48.4 Å². The zero-order chi connectivity index (χ0) is 22.5. The lowest BCUT2D eigenvalue weighted by atomic mass is 10.1. The van der Waals surface area contributed by atoms with Crippen LogP contribution in [-0.2, 0) is 25.6 Å². The summed E-state index contributed by atoms with van der Waals surface area (Å²) in [5.74, 6) is -2.86. The number of rotatable bonds is 13. The first-order valence-electron chi connectivity index (χ1n) is 9.84. The molecule has 0 heterocycles. The minimum Gasteiger partial charge on any atom is -0.480 e. The van der Waals surface area contributed by atoms with Crippen molar-refractivity contribution in [2.24, 2.45) is 11.5 Å². The smallest absolute Gasteiger partial charge is 0.326 e. The fraction of sp³-hybridized carbons (Fsp3) is 0.500. The Balaban J connectivity index is 2.61. The number of carboxylic acid groups (broad SMARTS) is 1. The Morgan fingerprint density at radius 2 is 1.67 bits per heavy atom. The van der Waals surface area contributed by atoms with E-state index in [1.807, 2.05) is 6.07 Å². The summed E-state index contributed by atoms with van der Waals surface area (Å²) in [7, 11) is 0. The normalized spacial score (nSPS) is 13.6. The minimum absolute atomic E-state index is 0.113. The summed E-state index contributed by atoms with van der Waals surface area (Å²) in [4.78, 5) is 47.9. The van der Waals surface area contributed by atoms with Crippen LogP contribution in [0.15, 0.2) is 30.3 Å². The van der Waals surface area contributed by atoms with Crippen molar-refractivity contribution in [3.63, 3.8) is 0 Å². The number of hydrogen-bond acceptors (Lipinski definition) is 6. The fourth-order valence-corrected chi connectivity index (χ4v) is 2.65. The predicted octanol–water partition coefficient (Wildman–Crippen LogP) is -1.12. The number of carboxylic acids is 1. The molecular weight excluding hydrogens is 390 g/mol. The third-order valence-corrected chi connectivity index (χ3v) is 4.33. The number of carbonyl (C=O) groups is 4. The van der Waals surface area contributed by atoms with Crippen molar-refractivity contribution in [3.05, 3.63) is 35.9 Å². The van der Waals surface area contributed by atoms with E-state index in [-0.39, 0.29) is 6.42 Å². The molecule has 10 nitrogen and oxygen atoms in total. The Morgan fingerprint density at radius 1 is 1.00 bits per heavy atom. The van der Waals surface area contributed by atoms with Crippen molar-refractivity contribution < 1.29 is 24.3 Å². The molecule has 1 aromatic carbocycles. The number of carbonyl (C=O) groups excluding carboxylic acids is 3. The number of hydrogen-bond donors (Lipinski definition) is 6. The highest BCUT2D eigenvalue weighted by Gasteiger charge is 2.24. The molecular formula is C20H31N5O5. The van der Waals surface area contributed by atoms with E-state index in [1.165, 1.54) is 6.92 Å². The quantitative estimate of drug-likeness (QED) is 0.218. The fourth-order valence-electron chi connectivity index (χ4n) is 2.65. The highest BCUT2D eigenvalue weighted by atomic mass is 16.4. The molecule has 30 heavy (non-hydrogen) atoms. The number of nitrogens with one attached hydrogen (secondary N) is 3. The van der Waals surface area contributed by atoms with Crippen molar-refractivity contribution in [1.29, 1.82) is 0 Å². The second-order valence-corrected chi connectivity index (χ2v) is 7.00. The summed E-state index contributed by atoms with van der Waals surface area (Å²) in [5.41, 5.74) is 11.7. The molecule has 0 aliphatic rings.